The number of ether oxygens (including phenoxy) is 2. The highest BCUT2D eigenvalue weighted by molar-refractivity contribution is 7.89. The van der Waals surface area contributed by atoms with E-state index in [1.54, 1.807) is 12.1 Å². The Kier molecular flexibility index (Phi) is 6.58. The molecule has 1 aromatic carbocycles. The fraction of sp³-hybridized carbons (Fsp3) is 0.636. The maximum atomic E-state index is 13.0. The lowest BCUT2D eigenvalue weighted by Crippen LogP contribution is -2.55. The lowest BCUT2D eigenvalue weighted by molar-refractivity contribution is -0.146. The van der Waals surface area contributed by atoms with Crippen LogP contribution in [0.4, 0.5) is 0 Å². The van der Waals surface area contributed by atoms with Crippen LogP contribution in [0.25, 0.3) is 11.0 Å². The molecular weight excluding hydrogens is 432 g/mol. The van der Waals surface area contributed by atoms with Crippen molar-refractivity contribution in [3.63, 3.8) is 0 Å². The van der Waals surface area contributed by atoms with Crippen LogP contribution in [0, 0.1) is 0 Å². The van der Waals surface area contributed by atoms with Crippen molar-refractivity contribution in [3.8, 4) is 0 Å². The SMILES string of the molecule is CCn1c(CCC(=O)N2CCOCC2(C)C)nc2cc(S(=O)(=O)N3CCOCC3)ccc21. The molecule has 0 bridgehead atoms. The van der Waals surface area contributed by atoms with Gasteiger partial charge in [-0.05, 0) is 39.0 Å². The van der Waals surface area contributed by atoms with Crippen LogP contribution < -0.4 is 0 Å². The molecule has 9 nitrogen and oxygen atoms in total. The first-order valence-corrected chi connectivity index (χ1v) is 12.6. The first-order chi connectivity index (χ1) is 15.2. The average Bonchev–Trinajstić information content (AvgIpc) is 3.14. The van der Waals surface area contributed by atoms with Crippen molar-refractivity contribution in [3.05, 3.63) is 24.0 Å². The van der Waals surface area contributed by atoms with Crippen molar-refractivity contribution >= 4 is 27.0 Å². The van der Waals surface area contributed by atoms with Crippen LogP contribution in [0.2, 0.25) is 0 Å². The van der Waals surface area contributed by atoms with E-state index in [2.05, 4.69) is 4.57 Å². The molecule has 0 saturated carbocycles. The molecule has 0 atom stereocenters. The molecule has 0 aliphatic carbocycles. The van der Waals surface area contributed by atoms with E-state index in [0.29, 0.717) is 71.0 Å². The maximum Gasteiger partial charge on any atom is 0.243 e. The molecule has 176 valence electrons. The number of imidazole rings is 1. The molecule has 0 N–H and O–H groups in total. The summed E-state index contributed by atoms with van der Waals surface area (Å²) in [4.78, 5) is 19.7. The van der Waals surface area contributed by atoms with E-state index in [9.17, 15) is 13.2 Å². The topological polar surface area (TPSA) is 94.0 Å². The van der Waals surface area contributed by atoms with Gasteiger partial charge >= 0.3 is 0 Å². The molecule has 4 rings (SSSR count). The number of carbonyl (C=O) groups is 1. The number of nitrogens with zero attached hydrogens (tertiary/aromatic N) is 4. The first kappa shape index (κ1) is 23.2. The summed E-state index contributed by atoms with van der Waals surface area (Å²) in [6.07, 6.45) is 0.853. The zero-order valence-corrected chi connectivity index (χ0v) is 19.9. The fourth-order valence-electron chi connectivity index (χ4n) is 4.47. The molecule has 1 amide bonds. The average molecular weight is 465 g/mol. The quantitative estimate of drug-likeness (QED) is 0.645. The smallest absolute Gasteiger partial charge is 0.243 e. The summed E-state index contributed by atoms with van der Waals surface area (Å²) >= 11 is 0. The zero-order valence-electron chi connectivity index (χ0n) is 19.0. The summed E-state index contributed by atoms with van der Waals surface area (Å²) in [5, 5.41) is 0. The molecular formula is C22H32N4O5S. The number of sulfonamides is 1. The third-order valence-electron chi connectivity index (χ3n) is 6.23. The predicted octanol–water partition coefficient (Wildman–Crippen LogP) is 1.65. The number of benzene rings is 1. The minimum absolute atomic E-state index is 0.0867. The lowest BCUT2D eigenvalue weighted by Gasteiger charge is -2.42. The normalized spacial score (nSPS) is 20.0. The van der Waals surface area contributed by atoms with Gasteiger partial charge < -0.3 is 18.9 Å². The van der Waals surface area contributed by atoms with Crippen molar-refractivity contribution in [1.29, 1.82) is 0 Å². The van der Waals surface area contributed by atoms with Crippen LogP contribution in [-0.2, 0) is 37.3 Å². The van der Waals surface area contributed by atoms with Gasteiger partial charge in [0.1, 0.15) is 5.82 Å². The summed E-state index contributed by atoms with van der Waals surface area (Å²) in [5.74, 6) is 0.881. The van der Waals surface area contributed by atoms with Gasteiger partial charge in [0.25, 0.3) is 0 Å². The van der Waals surface area contributed by atoms with E-state index in [1.165, 1.54) is 4.31 Å². The van der Waals surface area contributed by atoms with Crippen molar-refractivity contribution in [2.24, 2.45) is 0 Å². The summed E-state index contributed by atoms with van der Waals surface area (Å²) < 4.78 is 40.3. The number of rotatable bonds is 6. The Bertz CT molecular complexity index is 1090. The van der Waals surface area contributed by atoms with Crippen LogP contribution in [0.3, 0.4) is 0 Å². The van der Waals surface area contributed by atoms with Crippen LogP contribution in [0.15, 0.2) is 23.1 Å². The Hall–Kier alpha value is -2.01. The highest BCUT2D eigenvalue weighted by atomic mass is 32.2. The third-order valence-corrected chi connectivity index (χ3v) is 8.13. The van der Waals surface area contributed by atoms with Gasteiger partial charge in [0, 0.05) is 39.0 Å². The number of amides is 1. The van der Waals surface area contributed by atoms with Gasteiger partial charge in [-0.15, -0.1) is 0 Å². The third kappa shape index (κ3) is 4.41. The van der Waals surface area contributed by atoms with Gasteiger partial charge in [0.05, 0.1) is 47.9 Å². The molecule has 2 aliphatic heterocycles. The van der Waals surface area contributed by atoms with E-state index in [0.717, 1.165) is 11.3 Å². The number of fused-ring (bicyclic) bond motifs is 1. The number of morpholine rings is 2. The Morgan fingerprint density at radius 1 is 1.12 bits per heavy atom. The monoisotopic (exact) mass is 464 g/mol. The number of hydrogen-bond donors (Lipinski definition) is 0. The Morgan fingerprint density at radius 2 is 1.84 bits per heavy atom. The molecule has 1 aromatic heterocycles. The van der Waals surface area contributed by atoms with Gasteiger partial charge in [-0.1, -0.05) is 0 Å². The molecule has 2 aliphatic rings. The Labute approximate surface area is 189 Å². The van der Waals surface area contributed by atoms with Gasteiger partial charge in [-0.25, -0.2) is 13.4 Å². The second-order valence-corrected chi connectivity index (χ2v) is 10.8. The van der Waals surface area contributed by atoms with Gasteiger partial charge in [0.2, 0.25) is 15.9 Å². The highest BCUT2D eigenvalue weighted by Gasteiger charge is 2.34. The summed E-state index contributed by atoms with van der Waals surface area (Å²) in [5.41, 5.74) is 1.20. The minimum Gasteiger partial charge on any atom is -0.379 e. The molecule has 32 heavy (non-hydrogen) atoms. The maximum absolute atomic E-state index is 13.0. The molecule has 10 heteroatoms. The number of aryl methyl sites for hydroxylation is 2. The van der Waals surface area contributed by atoms with Gasteiger partial charge in [-0.2, -0.15) is 4.31 Å². The number of hydrogen-bond acceptors (Lipinski definition) is 6. The molecule has 3 heterocycles. The fourth-order valence-corrected chi connectivity index (χ4v) is 5.90. The second-order valence-electron chi connectivity index (χ2n) is 8.85. The summed E-state index contributed by atoms with van der Waals surface area (Å²) in [6.45, 7) is 9.96. The Morgan fingerprint density at radius 3 is 2.53 bits per heavy atom. The Balaban J connectivity index is 1.55. The molecule has 0 unspecified atom stereocenters. The van der Waals surface area contributed by atoms with E-state index >= 15 is 0 Å². The van der Waals surface area contributed by atoms with Gasteiger partial charge in [0.15, 0.2) is 0 Å². The van der Waals surface area contributed by atoms with Crippen LogP contribution in [0.1, 0.15) is 33.0 Å². The first-order valence-electron chi connectivity index (χ1n) is 11.2. The van der Waals surface area contributed by atoms with E-state index in [-0.39, 0.29) is 16.3 Å². The van der Waals surface area contributed by atoms with Crippen molar-refractivity contribution in [2.45, 2.75) is 50.6 Å². The molecule has 0 radical (unpaired) electrons. The molecule has 2 fully saturated rings. The standard InChI is InChI=1S/C22H32N4O5S/c1-4-25-19-6-5-17(32(28,29)24-9-12-30-13-10-24)15-18(19)23-20(25)7-8-21(27)26-11-14-31-16-22(26,2)3/h5-6,15H,4,7-14,16H2,1-3H3. The van der Waals surface area contributed by atoms with Crippen molar-refractivity contribution < 1.29 is 22.7 Å². The van der Waals surface area contributed by atoms with Crippen molar-refractivity contribution in [1.82, 2.24) is 18.8 Å². The lowest BCUT2D eigenvalue weighted by atomic mass is 10.0. The zero-order chi connectivity index (χ0) is 22.9. The van der Waals surface area contributed by atoms with Crippen LogP contribution >= 0.6 is 0 Å². The molecule has 2 aromatic rings. The van der Waals surface area contributed by atoms with E-state index in [4.69, 9.17) is 14.5 Å². The molecule has 2 saturated heterocycles. The predicted molar refractivity (Wildman–Crippen MR) is 120 cm³/mol. The molecule has 0 spiro atoms. The minimum atomic E-state index is -3.59. The largest absolute Gasteiger partial charge is 0.379 e. The van der Waals surface area contributed by atoms with E-state index < -0.39 is 10.0 Å². The second kappa shape index (κ2) is 9.09. The van der Waals surface area contributed by atoms with Crippen molar-refractivity contribution in [2.75, 3.05) is 46.1 Å². The van der Waals surface area contributed by atoms with Crippen LogP contribution in [-0.4, -0.2) is 84.7 Å². The highest BCUT2D eigenvalue weighted by Crippen LogP contribution is 2.25. The van der Waals surface area contributed by atoms with Gasteiger partial charge in [-0.3, -0.25) is 4.79 Å². The van der Waals surface area contributed by atoms with Crippen LogP contribution in [0.5, 0.6) is 0 Å². The number of carbonyl (C=O) groups excluding carboxylic acids is 1. The summed E-state index contributed by atoms with van der Waals surface area (Å²) in [7, 11) is -3.59. The number of aromatic nitrogens is 2. The summed E-state index contributed by atoms with van der Waals surface area (Å²) in [6, 6.07) is 5.10. The van der Waals surface area contributed by atoms with E-state index in [1.807, 2.05) is 31.7 Å².